The SMILES string of the molecule is CC(C)(C)C(=O)Nc1nc(S(=O)(=O)CC2CCCCCC2)sc1C(=O)c1ccccc1. The molecule has 0 spiro atoms. The Bertz CT molecular complexity index is 1030. The van der Waals surface area contributed by atoms with Crippen molar-refractivity contribution in [2.45, 2.75) is 63.6 Å². The van der Waals surface area contributed by atoms with Crippen LogP contribution in [0.4, 0.5) is 5.82 Å². The summed E-state index contributed by atoms with van der Waals surface area (Å²) in [4.78, 5) is 30.0. The van der Waals surface area contributed by atoms with E-state index >= 15 is 0 Å². The van der Waals surface area contributed by atoms with Gasteiger partial charge in [-0.1, -0.05) is 88.1 Å². The highest BCUT2D eigenvalue weighted by molar-refractivity contribution is 7.93. The third-order valence-corrected chi connectivity index (χ3v) is 8.85. The molecule has 1 aliphatic carbocycles. The van der Waals surface area contributed by atoms with Gasteiger partial charge in [0, 0.05) is 11.0 Å². The van der Waals surface area contributed by atoms with Crippen LogP contribution in [0.1, 0.15) is 74.5 Å². The van der Waals surface area contributed by atoms with Crippen LogP contribution in [-0.2, 0) is 14.6 Å². The first-order valence-electron chi connectivity index (χ1n) is 10.7. The van der Waals surface area contributed by atoms with Gasteiger partial charge in [0.25, 0.3) is 0 Å². The van der Waals surface area contributed by atoms with Gasteiger partial charge in [-0.25, -0.2) is 13.4 Å². The van der Waals surface area contributed by atoms with Gasteiger partial charge in [-0.3, -0.25) is 9.59 Å². The second-order valence-corrected chi connectivity index (χ2v) is 12.4. The Morgan fingerprint density at radius 2 is 1.68 bits per heavy atom. The molecule has 1 aromatic carbocycles. The smallest absolute Gasteiger partial charge is 0.230 e. The van der Waals surface area contributed by atoms with E-state index in [-0.39, 0.29) is 38.4 Å². The molecule has 1 aliphatic rings. The largest absolute Gasteiger partial charge is 0.309 e. The minimum atomic E-state index is -3.66. The Labute approximate surface area is 188 Å². The van der Waals surface area contributed by atoms with E-state index < -0.39 is 15.3 Å². The number of ketones is 1. The van der Waals surface area contributed by atoms with E-state index in [0.29, 0.717) is 5.56 Å². The predicted octanol–water partition coefficient (Wildman–Crippen LogP) is 5.10. The van der Waals surface area contributed by atoms with Crippen molar-refractivity contribution in [2.24, 2.45) is 11.3 Å². The number of hydrogen-bond donors (Lipinski definition) is 1. The summed E-state index contributed by atoms with van der Waals surface area (Å²) in [5.41, 5.74) is -0.291. The molecular formula is C23H30N2O4S2. The summed E-state index contributed by atoms with van der Waals surface area (Å²) in [6.45, 7) is 5.24. The van der Waals surface area contributed by atoms with Crippen LogP contribution in [-0.4, -0.2) is 30.8 Å². The van der Waals surface area contributed by atoms with E-state index in [2.05, 4.69) is 10.3 Å². The van der Waals surface area contributed by atoms with Gasteiger partial charge in [0.15, 0.2) is 5.82 Å². The van der Waals surface area contributed by atoms with Crippen molar-refractivity contribution in [1.82, 2.24) is 4.98 Å². The van der Waals surface area contributed by atoms with E-state index in [1.54, 1.807) is 51.1 Å². The first kappa shape index (κ1) is 23.6. The number of carbonyl (C=O) groups is 2. The van der Waals surface area contributed by atoms with Gasteiger partial charge in [-0.15, -0.1) is 0 Å². The highest BCUT2D eigenvalue weighted by atomic mass is 32.2. The quantitative estimate of drug-likeness (QED) is 0.476. The molecule has 1 amide bonds. The average molecular weight is 463 g/mol. The number of benzene rings is 1. The Kier molecular flexibility index (Phi) is 7.31. The molecule has 2 aromatic rings. The number of nitrogens with zero attached hydrogens (tertiary/aromatic N) is 1. The maximum Gasteiger partial charge on any atom is 0.230 e. The summed E-state index contributed by atoms with van der Waals surface area (Å²) in [5, 5.41) is 2.68. The van der Waals surface area contributed by atoms with E-state index in [1.807, 2.05) is 0 Å². The number of carbonyl (C=O) groups excluding carboxylic acids is 2. The van der Waals surface area contributed by atoms with Crippen LogP contribution in [0.25, 0.3) is 0 Å². The number of aromatic nitrogens is 1. The Balaban J connectivity index is 1.95. The molecule has 3 rings (SSSR count). The minimum Gasteiger partial charge on any atom is -0.309 e. The number of anilines is 1. The van der Waals surface area contributed by atoms with Gasteiger partial charge in [0.05, 0.1) is 5.75 Å². The third kappa shape index (κ3) is 6.01. The molecule has 0 radical (unpaired) electrons. The van der Waals surface area contributed by atoms with Crippen molar-refractivity contribution in [2.75, 3.05) is 11.1 Å². The molecule has 1 heterocycles. The van der Waals surface area contributed by atoms with Gasteiger partial charge in [0.2, 0.25) is 25.9 Å². The van der Waals surface area contributed by atoms with E-state index in [0.717, 1.165) is 49.9 Å². The van der Waals surface area contributed by atoms with Gasteiger partial charge < -0.3 is 5.32 Å². The van der Waals surface area contributed by atoms with Crippen molar-refractivity contribution < 1.29 is 18.0 Å². The van der Waals surface area contributed by atoms with Crippen molar-refractivity contribution in [3.05, 3.63) is 40.8 Å². The van der Waals surface area contributed by atoms with Crippen LogP contribution >= 0.6 is 11.3 Å². The number of sulfone groups is 1. The zero-order valence-electron chi connectivity index (χ0n) is 18.3. The van der Waals surface area contributed by atoms with Gasteiger partial charge in [0.1, 0.15) is 4.88 Å². The highest BCUT2D eigenvalue weighted by Crippen LogP contribution is 2.33. The fourth-order valence-corrected chi connectivity index (χ4v) is 6.60. The molecule has 0 saturated heterocycles. The van der Waals surface area contributed by atoms with Gasteiger partial charge in [-0.2, -0.15) is 0 Å². The highest BCUT2D eigenvalue weighted by Gasteiger charge is 2.31. The van der Waals surface area contributed by atoms with Crippen LogP contribution in [0.2, 0.25) is 0 Å². The third-order valence-electron chi connectivity index (χ3n) is 5.46. The molecule has 1 saturated carbocycles. The van der Waals surface area contributed by atoms with Crippen molar-refractivity contribution in [3.63, 3.8) is 0 Å². The first-order valence-corrected chi connectivity index (χ1v) is 13.2. The normalized spacial score (nSPS) is 16.0. The number of rotatable bonds is 6. The second kappa shape index (κ2) is 9.61. The molecule has 1 fully saturated rings. The molecule has 168 valence electrons. The number of hydrogen-bond acceptors (Lipinski definition) is 6. The summed E-state index contributed by atoms with van der Waals surface area (Å²) in [7, 11) is -3.66. The molecular weight excluding hydrogens is 432 g/mol. The Hall–Kier alpha value is -2.06. The number of amides is 1. The number of nitrogens with one attached hydrogen (secondary N) is 1. The summed E-state index contributed by atoms with van der Waals surface area (Å²) >= 11 is 0.852. The lowest BCUT2D eigenvalue weighted by Crippen LogP contribution is -2.28. The lowest BCUT2D eigenvalue weighted by atomic mass is 9.96. The molecule has 0 bridgehead atoms. The Morgan fingerprint density at radius 1 is 1.06 bits per heavy atom. The zero-order chi connectivity index (χ0) is 22.6. The average Bonchev–Trinajstić information content (AvgIpc) is 2.98. The summed E-state index contributed by atoms with van der Waals surface area (Å²) in [6.07, 6.45) is 6.17. The predicted molar refractivity (Wildman–Crippen MR) is 123 cm³/mol. The van der Waals surface area contributed by atoms with Crippen LogP contribution in [0.15, 0.2) is 34.7 Å². The van der Waals surface area contributed by atoms with Crippen LogP contribution in [0.5, 0.6) is 0 Å². The molecule has 0 aliphatic heterocycles. The first-order chi connectivity index (χ1) is 14.6. The molecule has 31 heavy (non-hydrogen) atoms. The lowest BCUT2D eigenvalue weighted by molar-refractivity contribution is -0.123. The topological polar surface area (TPSA) is 93.2 Å². The van der Waals surface area contributed by atoms with Crippen molar-refractivity contribution >= 4 is 38.7 Å². The molecule has 8 heteroatoms. The number of thiazole rings is 1. The summed E-state index contributed by atoms with van der Waals surface area (Å²) in [6, 6.07) is 8.61. The van der Waals surface area contributed by atoms with Gasteiger partial charge >= 0.3 is 0 Å². The lowest BCUT2D eigenvalue weighted by Gasteiger charge is -2.17. The standard InChI is InChI=1S/C23H30N2O4S2/c1-23(2,3)21(27)24-20-19(18(26)17-13-9-6-10-14-17)30-22(25-20)31(28,29)15-16-11-7-4-5-8-12-16/h6,9-10,13-14,16H,4-5,7-8,11-12,15H2,1-3H3,(H,24,27). The molecule has 1 aromatic heterocycles. The van der Waals surface area contributed by atoms with Crippen molar-refractivity contribution in [3.8, 4) is 0 Å². The Morgan fingerprint density at radius 3 is 2.26 bits per heavy atom. The van der Waals surface area contributed by atoms with Crippen molar-refractivity contribution in [1.29, 1.82) is 0 Å². The second-order valence-electron chi connectivity index (χ2n) is 9.20. The fourth-order valence-electron chi connectivity index (χ4n) is 3.60. The van der Waals surface area contributed by atoms with E-state index in [4.69, 9.17) is 0 Å². The maximum absolute atomic E-state index is 13.1. The summed E-state index contributed by atoms with van der Waals surface area (Å²) in [5.74, 6) is -0.507. The van der Waals surface area contributed by atoms with Gasteiger partial charge in [-0.05, 0) is 18.8 Å². The van der Waals surface area contributed by atoms with Crippen LogP contribution in [0.3, 0.4) is 0 Å². The molecule has 0 atom stereocenters. The summed E-state index contributed by atoms with van der Waals surface area (Å²) < 4.78 is 26.2. The fraction of sp³-hybridized carbons (Fsp3) is 0.522. The minimum absolute atomic E-state index is 0.0261. The van der Waals surface area contributed by atoms with Crippen LogP contribution < -0.4 is 5.32 Å². The molecule has 0 unspecified atom stereocenters. The molecule has 1 N–H and O–H groups in total. The monoisotopic (exact) mass is 462 g/mol. The van der Waals surface area contributed by atoms with E-state index in [1.165, 1.54) is 0 Å². The molecule has 6 nitrogen and oxygen atoms in total. The zero-order valence-corrected chi connectivity index (χ0v) is 19.9. The maximum atomic E-state index is 13.1. The van der Waals surface area contributed by atoms with Crippen LogP contribution in [0, 0.1) is 11.3 Å². The van der Waals surface area contributed by atoms with E-state index in [9.17, 15) is 18.0 Å².